The lowest BCUT2D eigenvalue weighted by Crippen LogP contribution is -2.40. The Balaban J connectivity index is 4.30. The van der Waals surface area contributed by atoms with Crippen LogP contribution in [0.15, 0.2) is 0 Å². The molecule has 0 radical (unpaired) electrons. The number of rotatable bonds is 6. The van der Waals surface area contributed by atoms with Crippen molar-refractivity contribution in [3.8, 4) is 0 Å². The molecule has 13 heavy (non-hydrogen) atoms. The molecular weight excluding hydrogens is 160 g/mol. The third-order valence-electron chi connectivity index (χ3n) is 2.80. The molecule has 2 heteroatoms. The van der Waals surface area contributed by atoms with Crippen molar-refractivity contribution in [2.24, 2.45) is 5.41 Å². The van der Waals surface area contributed by atoms with Crippen LogP contribution in [0.1, 0.15) is 26.7 Å². The zero-order chi connectivity index (χ0) is 10.5. The Bertz CT molecular complexity index is 114. The highest BCUT2D eigenvalue weighted by Gasteiger charge is 2.27. The van der Waals surface area contributed by atoms with Gasteiger partial charge in [-0.3, -0.25) is 0 Å². The number of hydrogen-bond donors (Lipinski definition) is 0. The first-order valence-electron chi connectivity index (χ1n) is 5.25. The van der Waals surface area contributed by atoms with Crippen LogP contribution in [0.25, 0.3) is 0 Å². The smallest absolute Gasteiger partial charge is 0.00439 e. The standard InChI is InChI=1S/C11H26N2/c1-7-11(8-2,9-12(3)4)10-13(5)6/h7-10H2,1-6H3. The van der Waals surface area contributed by atoms with Gasteiger partial charge in [0, 0.05) is 13.1 Å². The van der Waals surface area contributed by atoms with Gasteiger partial charge in [0.15, 0.2) is 0 Å². The van der Waals surface area contributed by atoms with Crippen molar-refractivity contribution in [3.05, 3.63) is 0 Å². The van der Waals surface area contributed by atoms with Gasteiger partial charge in [0.2, 0.25) is 0 Å². The van der Waals surface area contributed by atoms with E-state index in [-0.39, 0.29) is 0 Å². The molecule has 80 valence electrons. The van der Waals surface area contributed by atoms with Gasteiger partial charge in [0.1, 0.15) is 0 Å². The van der Waals surface area contributed by atoms with Gasteiger partial charge < -0.3 is 9.80 Å². The molecule has 0 unspecified atom stereocenters. The summed E-state index contributed by atoms with van der Waals surface area (Å²) in [5, 5.41) is 0. The highest BCUT2D eigenvalue weighted by atomic mass is 15.1. The summed E-state index contributed by atoms with van der Waals surface area (Å²) in [7, 11) is 8.65. The van der Waals surface area contributed by atoms with Gasteiger partial charge in [-0.2, -0.15) is 0 Å². The van der Waals surface area contributed by atoms with Gasteiger partial charge in [-0.05, 0) is 46.4 Å². The maximum Gasteiger partial charge on any atom is 0.00439 e. The Morgan fingerprint density at radius 2 is 1.08 bits per heavy atom. The lowest BCUT2D eigenvalue weighted by molar-refractivity contribution is 0.132. The maximum atomic E-state index is 2.30. The van der Waals surface area contributed by atoms with Gasteiger partial charge >= 0.3 is 0 Å². The molecule has 0 amide bonds. The van der Waals surface area contributed by atoms with Crippen LogP contribution in [0, 0.1) is 5.41 Å². The van der Waals surface area contributed by atoms with E-state index in [0.29, 0.717) is 5.41 Å². The Kier molecular flexibility index (Phi) is 5.57. The molecule has 0 aromatic rings. The predicted octanol–water partition coefficient (Wildman–Crippen LogP) is 1.92. The van der Waals surface area contributed by atoms with Crippen LogP contribution in [0.2, 0.25) is 0 Å². The number of hydrogen-bond acceptors (Lipinski definition) is 2. The van der Waals surface area contributed by atoms with E-state index in [1.54, 1.807) is 0 Å². The van der Waals surface area contributed by atoms with E-state index in [1.165, 1.54) is 25.9 Å². The molecule has 0 spiro atoms. The van der Waals surface area contributed by atoms with Crippen LogP contribution in [-0.4, -0.2) is 51.1 Å². The van der Waals surface area contributed by atoms with Gasteiger partial charge in [-0.25, -0.2) is 0 Å². The van der Waals surface area contributed by atoms with E-state index in [9.17, 15) is 0 Å². The summed E-state index contributed by atoms with van der Waals surface area (Å²) < 4.78 is 0. The quantitative estimate of drug-likeness (QED) is 0.625. The Morgan fingerprint density at radius 1 is 0.769 bits per heavy atom. The van der Waals surface area contributed by atoms with Crippen LogP contribution in [0.4, 0.5) is 0 Å². The first-order valence-corrected chi connectivity index (χ1v) is 5.25. The summed E-state index contributed by atoms with van der Waals surface area (Å²) in [5.41, 5.74) is 0.479. The zero-order valence-corrected chi connectivity index (χ0v) is 10.2. The fourth-order valence-corrected chi connectivity index (χ4v) is 2.09. The Morgan fingerprint density at radius 3 is 1.23 bits per heavy atom. The first-order chi connectivity index (χ1) is 5.95. The fourth-order valence-electron chi connectivity index (χ4n) is 2.09. The molecule has 0 atom stereocenters. The molecule has 0 heterocycles. The third kappa shape index (κ3) is 4.63. The molecule has 0 aliphatic carbocycles. The molecule has 0 aromatic heterocycles. The Hall–Kier alpha value is -0.0800. The van der Waals surface area contributed by atoms with Crippen molar-refractivity contribution >= 4 is 0 Å². The van der Waals surface area contributed by atoms with Crippen molar-refractivity contribution in [1.29, 1.82) is 0 Å². The third-order valence-corrected chi connectivity index (χ3v) is 2.80. The molecule has 0 rings (SSSR count). The Labute approximate surface area is 83.9 Å². The average molecular weight is 186 g/mol. The summed E-state index contributed by atoms with van der Waals surface area (Å²) in [6.07, 6.45) is 2.53. The summed E-state index contributed by atoms with van der Waals surface area (Å²) in [4.78, 5) is 4.60. The monoisotopic (exact) mass is 186 g/mol. The van der Waals surface area contributed by atoms with Gasteiger partial charge in [0.05, 0.1) is 0 Å². The maximum absolute atomic E-state index is 2.30. The zero-order valence-electron chi connectivity index (χ0n) is 10.2. The molecule has 2 nitrogen and oxygen atoms in total. The minimum Gasteiger partial charge on any atom is -0.309 e. The van der Waals surface area contributed by atoms with Crippen LogP contribution in [-0.2, 0) is 0 Å². The summed E-state index contributed by atoms with van der Waals surface area (Å²) >= 11 is 0. The summed E-state index contributed by atoms with van der Waals surface area (Å²) in [6.45, 7) is 6.99. The largest absolute Gasteiger partial charge is 0.309 e. The van der Waals surface area contributed by atoms with Crippen LogP contribution in [0.3, 0.4) is 0 Å². The first kappa shape index (κ1) is 12.9. The molecule has 0 aliphatic rings. The average Bonchev–Trinajstić information content (AvgIpc) is 2.01. The summed E-state index contributed by atoms with van der Waals surface area (Å²) in [5.74, 6) is 0. The second kappa shape index (κ2) is 5.61. The molecular formula is C11H26N2. The molecule has 0 aromatic carbocycles. The normalized spacial score (nSPS) is 12.9. The minimum absolute atomic E-state index is 0.479. The minimum atomic E-state index is 0.479. The van der Waals surface area contributed by atoms with Gasteiger partial charge in [0.25, 0.3) is 0 Å². The summed E-state index contributed by atoms with van der Waals surface area (Å²) in [6, 6.07) is 0. The van der Waals surface area contributed by atoms with E-state index < -0.39 is 0 Å². The van der Waals surface area contributed by atoms with Crippen LogP contribution in [0.5, 0.6) is 0 Å². The highest BCUT2D eigenvalue weighted by molar-refractivity contribution is 4.81. The van der Waals surface area contributed by atoms with Crippen molar-refractivity contribution in [1.82, 2.24) is 9.80 Å². The van der Waals surface area contributed by atoms with Crippen molar-refractivity contribution in [3.63, 3.8) is 0 Å². The molecule has 0 saturated heterocycles. The lowest BCUT2D eigenvalue weighted by atomic mass is 9.81. The highest BCUT2D eigenvalue weighted by Crippen LogP contribution is 2.27. The van der Waals surface area contributed by atoms with E-state index in [4.69, 9.17) is 0 Å². The van der Waals surface area contributed by atoms with E-state index in [2.05, 4.69) is 51.8 Å². The van der Waals surface area contributed by atoms with Crippen molar-refractivity contribution < 1.29 is 0 Å². The fraction of sp³-hybridized carbons (Fsp3) is 1.00. The molecule has 0 N–H and O–H groups in total. The number of nitrogens with zero attached hydrogens (tertiary/aromatic N) is 2. The molecule has 0 saturated carbocycles. The SMILES string of the molecule is CCC(CC)(CN(C)C)CN(C)C. The van der Waals surface area contributed by atoms with Gasteiger partial charge in [-0.1, -0.05) is 13.8 Å². The van der Waals surface area contributed by atoms with E-state index >= 15 is 0 Å². The predicted molar refractivity (Wildman–Crippen MR) is 60.1 cm³/mol. The molecule has 0 aliphatic heterocycles. The van der Waals surface area contributed by atoms with Crippen molar-refractivity contribution in [2.75, 3.05) is 41.3 Å². The second-order valence-electron chi connectivity index (χ2n) is 4.68. The van der Waals surface area contributed by atoms with Gasteiger partial charge in [-0.15, -0.1) is 0 Å². The van der Waals surface area contributed by atoms with E-state index in [0.717, 1.165) is 0 Å². The van der Waals surface area contributed by atoms with Crippen molar-refractivity contribution in [2.45, 2.75) is 26.7 Å². The van der Waals surface area contributed by atoms with Crippen LogP contribution >= 0.6 is 0 Å². The van der Waals surface area contributed by atoms with Crippen LogP contribution < -0.4 is 0 Å². The topological polar surface area (TPSA) is 6.48 Å². The molecule has 0 fully saturated rings. The van der Waals surface area contributed by atoms with E-state index in [1.807, 2.05) is 0 Å². The second-order valence-corrected chi connectivity index (χ2v) is 4.68. The lowest BCUT2D eigenvalue weighted by Gasteiger charge is -2.36. The molecule has 0 bridgehead atoms.